The third kappa shape index (κ3) is 1.50. The number of nitrogens with two attached hydrogens (primary N) is 1. The monoisotopic (exact) mass is 279 g/mol. The number of para-hydroxylation sites is 1. The fourth-order valence-corrected chi connectivity index (χ4v) is 2.84. The van der Waals surface area contributed by atoms with Crippen LogP contribution in [0.3, 0.4) is 0 Å². The number of aromatic nitrogens is 3. The molecular formula is C15H13N5O. The Morgan fingerprint density at radius 2 is 2.00 bits per heavy atom. The predicted octanol–water partition coefficient (Wildman–Crippen LogP) is 1.85. The van der Waals surface area contributed by atoms with E-state index in [4.69, 9.17) is 5.84 Å². The first kappa shape index (κ1) is 11.9. The molecule has 2 aromatic carbocycles. The van der Waals surface area contributed by atoms with Crippen molar-refractivity contribution in [3.8, 4) is 0 Å². The van der Waals surface area contributed by atoms with Gasteiger partial charge in [0.1, 0.15) is 0 Å². The number of hydrogen-bond donors (Lipinski definition) is 3. The smallest absolute Gasteiger partial charge is 0.218 e. The predicted molar refractivity (Wildman–Crippen MR) is 84.2 cm³/mol. The second-order valence-electron chi connectivity index (χ2n) is 4.99. The maximum absolute atomic E-state index is 12.8. The van der Waals surface area contributed by atoms with E-state index in [-0.39, 0.29) is 5.43 Å². The molecule has 0 bridgehead atoms. The Bertz CT molecular complexity index is 1060. The van der Waals surface area contributed by atoms with Crippen molar-refractivity contribution in [1.29, 1.82) is 0 Å². The van der Waals surface area contributed by atoms with Crippen LogP contribution in [0.5, 0.6) is 0 Å². The largest absolute Gasteiger partial charge is 0.354 e. The molecule has 4 rings (SSSR count). The van der Waals surface area contributed by atoms with Crippen LogP contribution in [0.2, 0.25) is 0 Å². The average Bonchev–Trinajstić information content (AvgIpc) is 2.84. The minimum Gasteiger partial charge on any atom is -0.354 e. The fraction of sp³-hybridized carbons (Fsp3) is 0.0667. The highest BCUT2D eigenvalue weighted by molar-refractivity contribution is 6.07. The molecule has 0 fully saturated rings. The zero-order valence-electron chi connectivity index (χ0n) is 11.3. The summed E-state index contributed by atoms with van der Waals surface area (Å²) < 4.78 is 1.79. The lowest BCUT2D eigenvalue weighted by Crippen LogP contribution is -2.12. The zero-order valence-corrected chi connectivity index (χ0v) is 11.3. The normalized spacial score (nSPS) is 11.5. The van der Waals surface area contributed by atoms with Gasteiger partial charge in [-0.3, -0.25) is 10.2 Å². The van der Waals surface area contributed by atoms with Gasteiger partial charge < -0.3 is 9.55 Å². The number of hydrogen-bond acceptors (Lipinski definition) is 4. The van der Waals surface area contributed by atoms with Crippen LogP contribution in [0, 0.1) is 0 Å². The molecule has 2 aromatic heterocycles. The van der Waals surface area contributed by atoms with Gasteiger partial charge >= 0.3 is 0 Å². The van der Waals surface area contributed by atoms with E-state index in [1.807, 2.05) is 43.4 Å². The van der Waals surface area contributed by atoms with Crippen LogP contribution in [0.25, 0.3) is 32.8 Å². The molecule has 0 aliphatic rings. The standard InChI is InChI=1S/C15H13N5O/c1-20-13-11(18-15(20)19-16)7-6-10-12(13)14(21)8-4-2-3-5-9(8)17-10/h2-7H,16H2,1H3,(H,17,21)(H,18,19). The summed E-state index contributed by atoms with van der Waals surface area (Å²) in [5.41, 5.74) is 5.67. The number of imidazole rings is 1. The number of H-pyrrole nitrogens is 1. The van der Waals surface area contributed by atoms with Crippen LogP contribution in [0.4, 0.5) is 5.95 Å². The molecular weight excluding hydrogens is 266 g/mol. The number of anilines is 1. The van der Waals surface area contributed by atoms with E-state index in [2.05, 4.69) is 15.4 Å². The van der Waals surface area contributed by atoms with E-state index in [1.165, 1.54) is 0 Å². The van der Waals surface area contributed by atoms with Crippen LogP contribution in [-0.2, 0) is 7.05 Å². The molecule has 6 heteroatoms. The lowest BCUT2D eigenvalue weighted by atomic mass is 10.1. The maximum atomic E-state index is 12.8. The average molecular weight is 279 g/mol. The molecule has 0 saturated heterocycles. The molecule has 0 saturated carbocycles. The summed E-state index contributed by atoms with van der Waals surface area (Å²) in [4.78, 5) is 20.5. The Morgan fingerprint density at radius 3 is 2.81 bits per heavy atom. The highest BCUT2D eigenvalue weighted by atomic mass is 16.1. The van der Waals surface area contributed by atoms with Gasteiger partial charge in [-0.15, -0.1) is 0 Å². The van der Waals surface area contributed by atoms with Crippen LogP contribution in [0.15, 0.2) is 41.2 Å². The summed E-state index contributed by atoms with van der Waals surface area (Å²) in [6.45, 7) is 0. The topological polar surface area (TPSA) is 88.7 Å². The number of benzene rings is 2. The molecule has 2 heterocycles. The third-order valence-electron chi connectivity index (χ3n) is 3.83. The van der Waals surface area contributed by atoms with Crippen molar-refractivity contribution in [2.24, 2.45) is 12.9 Å². The molecule has 4 aromatic rings. The first-order valence-electron chi connectivity index (χ1n) is 6.57. The molecule has 21 heavy (non-hydrogen) atoms. The van der Waals surface area contributed by atoms with Crippen LogP contribution in [0.1, 0.15) is 0 Å². The highest BCUT2D eigenvalue weighted by Crippen LogP contribution is 2.25. The van der Waals surface area contributed by atoms with Gasteiger partial charge in [0, 0.05) is 18.0 Å². The quantitative estimate of drug-likeness (QED) is 0.282. The van der Waals surface area contributed by atoms with Gasteiger partial charge in [-0.2, -0.15) is 0 Å². The Balaban J connectivity index is 2.32. The Hall–Kier alpha value is -2.86. The summed E-state index contributed by atoms with van der Waals surface area (Å²) >= 11 is 0. The molecule has 0 atom stereocenters. The van der Waals surface area contributed by atoms with Crippen molar-refractivity contribution in [2.75, 3.05) is 5.43 Å². The highest BCUT2D eigenvalue weighted by Gasteiger charge is 2.14. The number of rotatable bonds is 1. The summed E-state index contributed by atoms with van der Waals surface area (Å²) in [5.74, 6) is 5.99. The number of nitrogens with zero attached hydrogens (tertiary/aromatic N) is 2. The number of nitrogens with one attached hydrogen (secondary N) is 2. The van der Waals surface area contributed by atoms with Gasteiger partial charge in [0.2, 0.25) is 5.95 Å². The van der Waals surface area contributed by atoms with E-state index in [0.717, 1.165) is 22.1 Å². The minimum absolute atomic E-state index is 0.00322. The molecule has 4 N–H and O–H groups in total. The number of hydrazine groups is 1. The second kappa shape index (κ2) is 4.07. The number of aromatic amines is 1. The fourth-order valence-electron chi connectivity index (χ4n) is 2.84. The molecule has 0 spiro atoms. The molecule has 0 radical (unpaired) electrons. The van der Waals surface area contributed by atoms with Crippen molar-refractivity contribution in [1.82, 2.24) is 14.5 Å². The van der Waals surface area contributed by atoms with Crippen LogP contribution < -0.4 is 16.7 Å². The minimum atomic E-state index is -0.00322. The molecule has 0 aliphatic carbocycles. The third-order valence-corrected chi connectivity index (χ3v) is 3.83. The number of nitrogen functional groups attached to an aromatic ring is 1. The van der Waals surface area contributed by atoms with Crippen molar-refractivity contribution in [3.63, 3.8) is 0 Å². The van der Waals surface area contributed by atoms with Crippen LogP contribution in [-0.4, -0.2) is 14.5 Å². The van der Waals surface area contributed by atoms with E-state index >= 15 is 0 Å². The van der Waals surface area contributed by atoms with Gasteiger partial charge in [0.15, 0.2) is 5.43 Å². The van der Waals surface area contributed by atoms with Gasteiger partial charge in [0.25, 0.3) is 0 Å². The van der Waals surface area contributed by atoms with Crippen molar-refractivity contribution in [3.05, 3.63) is 46.6 Å². The van der Waals surface area contributed by atoms with Crippen molar-refractivity contribution >= 4 is 38.8 Å². The number of aryl methyl sites for hydroxylation is 1. The van der Waals surface area contributed by atoms with E-state index in [1.54, 1.807) is 4.57 Å². The van der Waals surface area contributed by atoms with Gasteiger partial charge in [-0.25, -0.2) is 10.8 Å². The second-order valence-corrected chi connectivity index (χ2v) is 4.99. The van der Waals surface area contributed by atoms with E-state index in [0.29, 0.717) is 16.7 Å². The maximum Gasteiger partial charge on any atom is 0.218 e. The zero-order chi connectivity index (χ0) is 14.6. The molecule has 6 nitrogen and oxygen atoms in total. The van der Waals surface area contributed by atoms with E-state index < -0.39 is 0 Å². The molecule has 0 aliphatic heterocycles. The number of fused-ring (bicyclic) bond motifs is 4. The molecule has 0 unspecified atom stereocenters. The Kier molecular flexibility index (Phi) is 2.31. The molecule has 0 amide bonds. The Labute approximate surface area is 119 Å². The summed E-state index contributed by atoms with van der Waals surface area (Å²) in [6.07, 6.45) is 0. The SMILES string of the molecule is Cn1c(NN)nc2ccc3[nH]c4ccccc4c(=O)c3c21. The first-order valence-corrected chi connectivity index (χ1v) is 6.57. The summed E-state index contributed by atoms with van der Waals surface area (Å²) in [6, 6.07) is 11.2. The van der Waals surface area contributed by atoms with Gasteiger partial charge in [-0.05, 0) is 24.3 Å². The van der Waals surface area contributed by atoms with E-state index in [9.17, 15) is 4.79 Å². The molecule has 104 valence electrons. The lowest BCUT2D eigenvalue weighted by Gasteiger charge is -2.05. The van der Waals surface area contributed by atoms with Crippen molar-refractivity contribution < 1.29 is 0 Å². The number of pyridine rings is 1. The first-order chi connectivity index (χ1) is 10.2. The summed E-state index contributed by atoms with van der Waals surface area (Å²) in [5, 5.41) is 1.30. The summed E-state index contributed by atoms with van der Waals surface area (Å²) in [7, 11) is 1.83. The van der Waals surface area contributed by atoms with Gasteiger partial charge in [-0.1, -0.05) is 12.1 Å². The lowest BCUT2D eigenvalue weighted by molar-refractivity contribution is 0.945. The van der Waals surface area contributed by atoms with Crippen LogP contribution >= 0.6 is 0 Å². The van der Waals surface area contributed by atoms with Gasteiger partial charge in [0.05, 0.1) is 21.9 Å². The Morgan fingerprint density at radius 1 is 1.19 bits per heavy atom. The van der Waals surface area contributed by atoms with Crippen molar-refractivity contribution in [2.45, 2.75) is 0 Å².